The summed E-state index contributed by atoms with van der Waals surface area (Å²) in [6.45, 7) is 2.23. The lowest BCUT2D eigenvalue weighted by atomic mass is 9.92. The number of rotatable bonds is 4. The first-order valence-corrected chi connectivity index (χ1v) is 7.49. The van der Waals surface area contributed by atoms with Crippen LogP contribution >= 0.6 is 11.3 Å². The van der Waals surface area contributed by atoms with Crippen molar-refractivity contribution in [3.05, 3.63) is 52.0 Å². The van der Waals surface area contributed by atoms with Crippen LogP contribution in [0.5, 0.6) is 0 Å². The van der Waals surface area contributed by atoms with Crippen LogP contribution in [-0.2, 0) is 12.0 Å². The Morgan fingerprint density at radius 1 is 1.47 bits per heavy atom. The van der Waals surface area contributed by atoms with E-state index in [2.05, 4.69) is 35.4 Å². The number of aliphatic hydroxyl groups is 1. The number of benzene rings is 1. The van der Waals surface area contributed by atoms with Gasteiger partial charge in [-0.25, -0.2) is 4.98 Å². The summed E-state index contributed by atoms with van der Waals surface area (Å²) in [4.78, 5) is 4.35. The molecule has 3 nitrogen and oxygen atoms in total. The first kappa shape index (κ1) is 12.8. The molecule has 100 valence electrons. The quantitative estimate of drug-likeness (QED) is 0.901. The van der Waals surface area contributed by atoms with Crippen molar-refractivity contribution in [2.75, 3.05) is 6.61 Å². The number of aryl methyl sites for hydroxylation is 1. The van der Waals surface area contributed by atoms with Crippen molar-refractivity contribution < 1.29 is 5.11 Å². The molecule has 0 amide bonds. The molecule has 4 heteroatoms. The van der Waals surface area contributed by atoms with Gasteiger partial charge < -0.3 is 5.11 Å². The van der Waals surface area contributed by atoms with E-state index in [1.165, 1.54) is 11.1 Å². The molecule has 0 unspecified atom stereocenters. The van der Waals surface area contributed by atoms with Crippen molar-refractivity contribution >= 4 is 11.3 Å². The molecule has 0 fully saturated rings. The molecule has 0 saturated heterocycles. The molecule has 1 aromatic heterocycles. The summed E-state index contributed by atoms with van der Waals surface area (Å²) < 4.78 is 0. The van der Waals surface area contributed by atoms with E-state index in [1.54, 1.807) is 11.3 Å². The van der Waals surface area contributed by atoms with E-state index in [4.69, 9.17) is 0 Å². The molecule has 0 spiro atoms. The Kier molecular flexibility index (Phi) is 3.39. The maximum atomic E-state index is 9.93. The van der Waals surface area contributed by atoms with Gasteiger partial charge in [-0.2, -0.15) is 0 Å². The summed E-state index contributed by atoms with van der Waals surface area (Å²) in [5.74, 6) is 0. The third-order valence-corrected chi connectivity index (χ3v) is 4.90. The number of nitrogens with zero attached hydrogens (tertiary/aromatic N) is 1. The summed E-state index contributed by atoms with van der Waals surface area (Å²) in [5.41, 5.74) is 2.26. The van der Waals surface area contributed by atoms with Crippen molar-refractivity contribution in [1.82, 2.24) is 10.3 Å². The van der Waals surface area contributed by atoms with Gasteiger partial charge in [0.05, 0.1) is 18.2 Å². The fraction of sp³-hybridized carbons (Fsp3) is 0.400. The molecule has 0 radical (unpaired) electrons. The number of fused-ring (bicyclic) bond motifs is 1. The van der Waals surface area contributed by atoms with Gasteiger partial charge in [0.2, 0.25) is 0 Å². The molecule has 1 heterocycles. The van der Waals surface area contributed by atoms with E-state index in [-0.39, 0.29) is 18.2 Å². The summed E-state index contributed by atoms with van der Waals surface area (Å²) >= 11 is 1.65. The molecule has 0 saturated carbocycles. The lowest BCUT2D eigenvalue weighted by molar-refractivity contribution is 0.149. The predicted octanol–water partition coefficient (Wildman–Crippen LogP) is 2.63. The van der Waals surface area contributed by atoms with Crippen molar-refractivity contribution in [3.8, 4) is 0 Å². The SMILES string of the molecule is C[C@H](N[C@]1(CO)CCc2ccccc21)c1nccs1. The van der Waals surface area contributed by atoms with Gasteiger partial charge in [-0.05, 0) is 30.9 Å². The normalized spacial score (nSPS) is 23.3. The maximum absolute atomic E-state index is 9.93. The molecule has 19 heavy (non-hydrogen) atoms. The molecule has 0 aliphatic heterocycles. The highest BCUT2D eigenvalue weighted by Gasteiger charge is 2.39. The van der Waals surface area contributed by atoms with E-state index in [1.807, 2.05) is 17.6 Å². The summed E-state index contributed by atoms with van der Waals surface area (Å²) in [7, 11) is 0. The largest absolute Gasteiger partial charge is 0.394 e. The third kappa shape index (κ3) is 2.20. The summed E-state index contributed by atoms with van der Waals surface area (Å²) in [6.07, 6.45) is 3.79. The highest BCUT2D eigenvalue weighted by atomic mass is 32.1. The van der Waals surface area contributed by atoms with Crippen LogP contribution < -0.4 is 5.32 Å². The Hall–Kier alpha value is -1.23. The van der Waals surface area contributed by atoms with Crippen LogP contribution in [-0.4, -0.2) is 16.7 Å². The second-order valence-electron chi connectivity index (χ2n) is 5.13. The minimum absolute atomic E-state index is 0.125. The Morgan fingerprint density at radius 2 is 2.32 bits per heavy atom. The fourth-order valence-corrected chi connectivity index (χ4v) is 3.62. The zero-order valence-electron chi connectivity index (χ0n) is 11.0. The van der Waals surface area contributed by atoms with Crippen LogP contribution in [0.2, 0.25) is 0 Å². The van der Waals surface area contributed by atoms with Crippen molar-refractivity contribution in [2.24, 2.45) is 0 Å². The fourth-order valence-electron chi connectivity index (χ4n) is 2.97. The predicted molar refractivity (Wildman–Crippen MR) is 77.2 cm³/mol. The Balaban J connectivity index is 1.89. The minimum atomic E-state index is -0.318. The average Bonchev–Trinajstić information content (AvgIpc) is 3.08. The number of aromatic nitrogens is 1. The van der Waals surface area contributed by atoms with Crippen LogP contribution in [0.4, 0.5) is 0 Å². The molecule has 2 atom stereocenters. The van der Waals surface area contributed by atoms with Gasteiger partial charge >= 0.3 is 0 Å². The lowest BCUT2D eigenvalue weighted by Gasteiger charge is -2.32. The molecule has 1 aliphatic rings. The molecule has 2 aromatic rings. The second-order valence-corrected chi connectivity index (χ2v) is 6.06. The van der Waals surface area contributed by atoms with E-state index in [0.717, 1.165) is 17.8 Å². The molecular weight excluding hydrogens is 256 g/mol. The van der Waals surface area contributed by atoms with Crippen LogP contribution in [0.3, 0.4) is 0 Å². The summed E-state index contributed by atoms with van der Waals surface area (Å²) in [6, 6.07) is 8.54. The Morgan fingerprint density at radius 3 is 3.05 bits per heavy atom. The number of aliphatic hydroxyl groups excluding tert-OH is 1. The van der Waals surface area contributed by atoms with E-state index < -0.39 is 0 Å². The Labute approximate surface area is 117 Å². The highest BCUT2D eigenvalue weighted by Crippen LogP contribution is 2.38. The maximum Gasteiger partial charge on any atom is 0.109 e. The minimum Gasteiger partial charge on any atom is -0.394 e. The van der Waals surface area contributed by atoms with E-state index >= 15 is 0 Å². The zero-order chi connectivity index (χ0) is 13.3. The molecule has 1 aromatic carbocycles. The van der Waals surface area contributed by atoms with Crippen LogP contribution in [0.15, 0.2) is 35.8 Å². The van der Waals surface area contributed by atoms with Gasteiger partial charge in [0.15, 0.2) is 0 Å². The van der Waals surface area contributed by atoms with Crippen LogP contribution in [0, 0.1) is 0 Å². The smallest absolute Gasteiger partial charge is 0.109 e. The molecule has 0 bridgehead atoms. The monoisotopic (exact) mass is 274 g/mol. The first-order chi connectivity index (χ1) is 9.25. The average molecular weight is 274 g/mol. The van der Waals surface area contributed by atoms with Gasteiger partial charge in [0.1, 0.15) is 5.01 Å². The van der Waals surface area contributed by atoms with Gasteiger partial charge in [0.25, 0.3) is 0 Å². The van der Waals surface area contributed by atoms with Gasteiger partial charge in [0, 0.05) is 11.6 Å². The topological polar surface area (TPSA) is 45.1 Å². The first-order valence-electron chi connectivity index (χ1n) is 6.61. The van der Waals surface area contributed by atoms with E-state index in [0.29, 0.717) is 0 Å². The van der Waals surface area contributed by atoms with Crippen molar-refractivity contribution in [1.29, 1.82) is 0 Å². The van der Waals surface area contributed by atoms with Gasteiger partial charge in [-0.3, -0.25) is 5.32 Å². The molecule has 3 rings (SSSR count). The molecule has 1 aliphatic carbocycles. The van der Waals surface area contributed by atoms with Crippen molar-refractivity contribution in [2.45, 2.75) is 31.3 Å². The lowest BCUT2D eigenvalue weighted by Crippen LogP contribution is -2.45. The number of hydrogen-bond acceptors (Lipinski definition) is 4. The number of hydrogen-bond donors (Lipinski definition) is 2. The summed E-state index contributed by atoms with van der Waals surface area (Å²) in [5, 5.41) is 16.6. The second kappa shape index (κ2) is 5.04. The van der Waals surface area contributed by atoms with Crippen LogP contribution in [0.1, 0.15) is 35.5 Å². The molecule has 2 N–H and O–H groups in total. The van der Waals surface area contributed by atoms with Crippen LogP contribution in [0.25, 0.3) is 0 Å². The Bertz CT molecular complexity index is 555. The van der Waals surface area contributed by atoms with E-state index in [9.17, 15) is 5.11 Å². The van der Waals surface area contributed by atoms with Gasteiger partial charge in [-0.15, -0.1) is 11.3 Å². The zero-order valence-corrected chi connectivity index (χ0v) is 11.8. The number of nitrogens with one attached hydrogen (secondary N) is 1. The standard InChI is InChI=1S/C15H18N2OS/c1-11(14-16-8-9-19-14)17-15(10-18)7-6-12-4-2-3-5-13(12)15/h2-5,8-9,11,17-18H,6-7,10H2,1H3/t11-,15-/m0/s1. The number of thiazole rings is 1. The van der Waals surface area contributed by atoms with Gasteiger partial charge in [-0.1, -0.05) is 24.3 Å². The molecular formula is C15H18N2OS. The van der Waals surface area contributed by atoms with Crippen molar-refractivity contribution in [3.63, 3.8) is 0 Å². The third-order valence-electron chi connectivity index (χ3n) is 3.94. The highest BCUT2D eigenvalue weighted by molar-refractivity contribution is 7.09.